The maximum atomic E-state index is 12.2. The summed E-state index contributed by atoms with van der Waals surface area (Å²) in [5, 5.41) is 5.60. The highest BCUT2D eigenvalue weighted by molar-refractivity contribution is 5.92. The van der Waals surface area contributed by atoms with Crippen LogP contribution in [0, 0.1) is 13.8 Å². The summed E-state index contributed by atoms with van der Waals surface area (Å²) in [4.78, 5) is 24.1. The van der Waals surface area contributed by atoms with Crippen LogP contribution < -0.4 is 15.4 Å². The molecule has 6 nitrogen and oxygen atoms in total. The van der Waals surface area contributed by atoms with Gasteiger partial charge < -0.3 is 20.1 Å². The molecule has 0 aliphatic heterocycles. The quantitative estimate of drug-likeness (QED) is 0.468. The Bertz CT molecular complexity index is 798. The van der Waals surface area contributed by atoms with Gasteiger partial charge in [0.05, 0.1) is 18.2 Å². The molecule has 0 fully saturated rings. The van der Waals surface area contributed by atoms with Crippen molar-refractivity contribution < 1.29 is 19.1 Å². The topological polar surface area (TPSA) is 76.7 Å². The molecule has 2 aromatic rings. The number of hydrogen-bond donors (Lipinski definition) is 2. The summed E-state index contributed by atoms with van der Waals surface area (Å²) in [7, 11) is 0. The molecule has 0 saturated carbocycles. The van der Waals surface area contributed by atoms with Crippen molar-refractivity contribution in [2.75, 3.05) is 18.5 Å². The summed E-state index contributed by atoms with van der Waals surface area (Å²) < 4.78 is 11.0. The number of esters is 1. The van der Waals surface area contributed by atoms with Crippen LogP contribution in [-0.2, 0) is 4.74 Å². The van der Waals surface area contributed by atoms with Crippen LogP contribution in [-0.4, -0.2) is 31.3 Å². The first kappa shape index (κ1) is 22.3. The molecule has 1 atom stereocenters. The number of para-hydroxylation sites is 1. The van der Waals surface area contributed by atoms with E-state index in [2.05, 4.69) is 10.6 Å². The van der Waals surface area contributed by atoms with Crippen molar-refractivity contribution in [3.8, 4) is 5.75 Å². The lowest BCUT2D eigenvalue weighted by Crippen LogP contribution is -2.39. The van der Waals surface area contributed by atoms with Crippen LogP contribution in [0.25, 0.3) is 0 Å². The highest BCUT2D eigenvalue weighted by atomic mass is 16.5. The number of carbonyl (C=O) groups excluding carboxylic acids is 2. The second kappa shape index (κ2) is 11.1. The predicted octanol–water partition coefficient (Wildman–Crippen LogP) is 4.85. The van der Waals surface area contributed by atoms with Crippen LogP contribution in [0.3, 0.4) is 0 Å². The van der Waals surface area contributed by atoms with Crippen molar-refractivity contribution in [2.24, 2.45) is 0 Å². The lowest BCUT2D eigenvalue weighted by Gasteiger charge is -2.18. The number of nitrogens with one attached hydrogen (secondary N) is 2. The zero-order valence-electron chi connectivity index (χ0n) is 17.6. The van der Waals surface area contributed by atoms with Crippen molar-refractivity contribution in [2.45, 2.75) is 46.6 Å². The molecule has 6 heteroatoms. The van der Waals surface area contributed by atoms with E-state index in [4.69, 9.17) is 9.47 Å². The van der Waals surface area contributed by atoms with Gasteiger partial charge in [-0.15, -0.1) is 0 Å². The van der Waals surface area contributed by atoms with Crippen molar-refractivity contribution in [1.29, 1.82) is 0 Å². The van der Waals surface area contributed by atoms with Crippen LogP contribution >= 0.6 is 0 Å². The standard InChI is InChI=1S/C23H30N2O4/c1-5-6-14-28-22(26)19-10-12-20(13-11-19)25-23(27)24-18(4)15-29-21-16(2)8-7-9-17(21)3/h7-13,18H,5-6,14-15H2,1-4H3,(H2,24,25,27). The molecule has 2 rings (SSSR count). The van der Waals surface area contributed by atoms with E-state index in [1.54, 1.807) is 24.3 Å². The van der Waals surface area contributed by atoms with Gasteiger partial charge in [-0.2, -0.15) is 0 Å². The number of hydrogen-bond acceptors (Lipinski definition) is 4. The number of urea groups is 1. The Kier molecular flexibility index (Phi) is 8.52. The average Bonchev–Trinajstić information content (AvgIpc) is 2.68. The molecule has 2 amide bonds. The Labute approximate surface area is 172 Å². The highest BCUT2D eigenvalue weighted by Gasteiger charge is 2.11. The monoisotopic (exact) mass is 398 g/mol. The van der Waals surface area contributed by atoms with Gasteiger partial charge in [-0.1, -0.05) is 31.5 Å². The Balaban J connectivity index is 1.80. The SMILES string of the molecule is CCCCOC(=O)c1ccc(NC(=O)NC(C)COc2c(C)cccc2C)cc1. The molecular weight excluding hydrogens is 368 g/mol. The molecule has 156 valence electrons. The van der Waals surface area contributed by atoms with E-state index in [0.717, 1.165) is 29.7 Å². The third-order valence-electron chi connectivity index (χ3n) is 4.37. The zero-order chi connectivity index (χ0) is 21.2. The van der Waals surface area contributed by atoms with Crippen LogP contribution in [0.2, 0.25) is 0 Å². The molecular formula is C23H30N2O4. The molecule has 0 heterocycles. The fourth-order valence-corrected chi connectivity index (χ4v) is 2.75. The molecule has 0 saturated heterocycles. The fraction of sp³-hybridized carbons (Fsp3) is 0.391. The van der Waals surface area contributed by atoms with Gasteiger partial charge in [0, 0.05) is 5.69 Å². The van der Waals surface area contributed by atoms with Gasteiger partial charge in [0.2, 0.25) is 0 Å². The highest BCUT2D eigenvalue weighted by Crippen LogP contribution is 2.22. The van der Waals surface area contributed by atoms with Gasteiger partial charge in [0.15, 0.2) is 0 Å². The van der Waals surface area contributed by atoms with E-state index in [1.165, 1.54) is 0 Å². The van der Waals surface area contributed by atoms with Gasteiger partial charge in [0.1, 0.15) is 12.4 Å². The normalized spacial score (nSPS) is 11.4. The number of benzene rings is 2. The number of amides is 2. The maximum Gasteiger partial charge on any atom is 0.338 e. The first-order valence-corrected chi connectivity index (χ1v) is 9.94. The third kappa shape index (κ3) is 7.14. The van der Waals surface area contributed by atoms with Gasteiger partial charge >= 0.3 is 12.0 Å². The van der Waals surface area contributed by atoms with Crippen LogP contribution in [0.1, 0.15) is 48.2 Å². The first-order valence-electron chi connectivity index (χ1n) is 9.94. The maximum absolute atomic E-state index is 12.2. The Morgan fingerprint density at radius 1 is 1.03 bits per heavy atom. The molecule has 0 radical (unpaired) electrons. The smallest absolute Gasteiger partial charge is 0.338 e. The lowest BCUT2D eigenvalue weighted by atomic mass is 10.1. The van der Waals surface area contributed by atoms with E-state index in [-0.39, 0.29) is 18.0 Å². The first-order chi connectivity index (χ1) is 13.9. The van der Waals surface area contributed by atoms with Gasteiger partial charge in [-0.3, -0.25) is 0 Å². The summed E-state index contributed by atoms with van der Waals surface area (Å²) in [5.74, 6) is 0.495. The summed E-state index contributed by atoms with van der Waals surface area (Å²) in [6, 6.07) is 12.1. The minimum Gasteiger partial charge on any atom is -0.491 e. The van der Waals surface area contributed by atoms with Crippen LogP contribution in [0.15, 0.2) is 42.5 Å². The summed E-state index contributed by atoms with van der Waals surface area (Å²) in [6.07, 6.45) is 1.82. The van der Waals surface area contributed by atoms with E-state index >= 15 is 0 Å². The number of rotatable bonds is 9. The predicted molar refractivity (Wildman–Crippen MR) is 115 cm³/mol. The van der Waals surface area contributed by atoms with E-state index in [0.29, 0.717) is 24.5 Å². The molecule has 0 aliphatic carbocycles. The van der Waals surface area contributed by atoms with Crippen molar-refractivity contribution in [3.63, 3.8) is 0 Å². The summed E-state index contributed by atoms with van der Waals surface area (Å²) in [5.41, 5.74) is 3.18. The average molecular weight is 399 g/mol. The molecule has 2 N–H and O–H groups in total. The van der Waals surface area contributed by atoms with E-state index < -0.39 is 0 Å². The van der Waals surface area contributed by atoms with Crippen molar-refractivity contribution in [1.82, 2.24) is 5.32 Å². The Morgan fingerprint density at radius 3 is 2.31 bits per heavy atom. The Hall–Kier alpha value is -3.02. The summed E-state index contributed by atoms with van der Waals surface area (Å²) >= 11 is 0. The minimum atomic E-state index is -0.355. The number of carbonyl (C=O) groups is 2. The molecule has 29 heavy (non-hydrogen) atoms. The third-order valence-corrected chi connectivity index (χ3v) is 4.37. The van der Waals surface area contributed by atoms with Crippen molar-refractivity contribution >= 4 is 17.7 Å². The fourth-order valence-electron chi connectivity index (χ4n) is 2.75. The number of ether oxygens (including phenoxy) is 2. The van der Waals surface area contributed by atoms with Gasteiger partial charge in [0.25, 0.3) is 0 Å². The number of aryl methyl sites for hydroxylation is 2. The molecule has 2 aromatic carbocycles. The Morgan fingerprint density at radius 2 is 1.69 bits per heavy atom. The van der Waals surface area contributed by atoms with E-state index in [1.807, 2.05) is 45.9 Å². The number of anilines is 1. The molecule has 0 spiro atoms. The van der Waals surface area contributed by atoms with Crippen LogP contribution in [0.5, 0.6) is 5.75 Å². The second-order valence-corrected chi connectivity index (χ2v) is 7.10. The van der Waals surface area contributed by atoms with Gasteiger partial charge in [-0.05, 0) is 62.6 Å². The molecule has 0 bridgehead atoms. The second-order valence-electron chi connectivity index (χ2n) is 7.10. The van der Waals surface area contributed by atoms with Crippen LogP contribution in [0.4, 0.5) is 10.5 Å². The minimum absolute atomic E-state index is 0.179. The molecule has 1 unspecified atom stereocenters. The van der Waals surface area contributed by atoms with E-state index in [9.17, 15) is 9.59 Å². The van der Waals surface area contributed by atoms with Crippen molar-refractivity contribution in [3.05, 3.63) is 59.2 Å². The molecule has 0 aromatic heterocycles. The number of unbranched alkanes of at least 4 members (excludes halogenated alkanes) is 1. The lowest BCUT2D eigenvalue weighted by molar-refractivity contribution is 0.0500. The van der Waals surface area contributed by atoms with Gasteiger partial charge in [-0.25, -0.2) is 9.59 Å². The zero-order valence-corrected chi connectivity index (χ0v) is 17.6. The largest absolute Gasteiger partial charge is 0.491 e. The molecule has 0 aliphatic rings. The summed E-state index contributed by atoms with van der Waals surface area (Å²) in [6.45, 7) is 8.69.